The fourth-order valence-corrected chi connectivity index (χ4v) is 3.41. The molecule has 0 saturated heterocycles. The second-order valence-corrected chi connectivity index (χ2v) is 6.38. The average molecular weight is 334 g/mol. The minimum Gasteiger partial charge on any atom is -0.466 e. The zero-order chi connectivity index (χ0) is 17.8. The molecule has 1 aliphatic rings. The summed E-state index contributed by atoms with van der Waals surface area (Å²) in [6.07, 6.45) is 1.94. The lowest BCUT2D eigenvalue weighted by molar-refractivity contribution is -0.146. The van der Waals surface area contributed by atoms with Crippen molar-refractivity contribution in [3.63, 3.8) is 0 Å². The Bertz CT molecular complexity index is 788. The highest BCUT2D eigenvalue weighted by atomic mass is 16.5. The standard InChI is InChI=1S/C22H22O3/c1-3-25-22(24)21-19(16-7-5-4-6-8-16)13-18(23)14-20(21)17-11-9-15(2)10-12-17/h4-13,20-21H,3,14H2,1-2H3/t20-,21+/m0/s1. The number of ether oxygens (including phenoxy) is 1. The van der Waals surface area contributed by atoms with Crippen LogP contribution in [-0.4, -0.2) is 18.4 Å². The van der Waals surface area contributed by atoms with Crippen LogP contribution in [-0.2, 0) is 14.3 Å². The predicted octanol–water partition coefficient (Wildman–Crippen LogP) is 4.31. The van der Waals surface area contributed by atoms with E-state index in [1.165, 1.54) is 0 Å². The molecule has 0 heterocycles. The molecule has 3 nitrogen and oxygen atoms in total. The van der Waals surface area contributed by atoms with E-state index < -0.39 is 5.92 Å². The minimum absolute atomic E-state index is 0.0463. The van der Waals surface area contributed by atoms with E-state index in [-0.39, 0.29) is 17.7 Å². The summed E-state index contributed by atoms with van der Waals surface area (Å²) in [7, 11) is 0. The number of rotatable bonds is 4. The van der Waals surface area contributed by atoms with Gasteiger partial charge in [0.1, 0.15) is 0 Å². The molecule has 0 N–H and O–H groups in total. The molecule has 0 unspecified atom stereocenters. The topological polar surface area (TPSA) is 43.4 Å². The zero-order valence-electron chi connectivity index (χ0n) is 14.6. The summed E-state index contributed by atoms with van der Waals surface area (Å²) >= 11 is 0. The number of carbonyl (C=O) groups excluding carboxylic acids is 2. The van der Waals surface area contributed by atoms with Gasteiger partial charge in [-0.25, -0.2) is 0 Å². The summed E-state index contributed by atoms with van der Waals surface area (Å²) in [4.78, 5) is 25.2. The van der Waals surface area contributed by atoms with Crippen LogP contribution in [0.3, 0.4) is 0 Å². The highest BCUT2D eigenvalue weighted by molar-refractivity contribution is 6.04. The summed E-state index contributed by atoms with van der Waals surface area (Å²) in [6.45, 7) is 4.15. The SMILES string of the molecule is CCOC(=O)[C@@H]1C(c2ccccc2)=CC(=O)C[C@H]1c1ccc(C)cc1. The van der Waals surface area contributed by atoms with Gasteiger partial charge in [-0.1, -0.05) is 60.2 Å². The van der Waals surface area contributed by atoms with Gasteiger partial charge in [0.15, 0.2) is 5.78 Å². The maximum Gasteiger partial charge on any atom is 0.314 e. The first-order valence-electron chi connectivity index (χ1n) is 8.63. The van der Waals surface area contributed by atoms with Gasteiger partial charge in [0, 0.05) is 12.3 Å². The summed E-state index contributed by atoms with van der Waals surface area (Å²) in [6, 6.07) is 17.7. The van der Waals surface area contributed by atoms with Crippen molar-refractivity contribution < 1.29 is 14.3 Å². The second kappa shape index (κ2) is 7.47. The quantitative estimate of drug-likeness (QED) is 0.782. The van der Waals surface area contributed by atoms with Crippen molar-refractivity contribution in [2.24, 2.45) is 5.92 Å². The summed E-state index contributed by atoms with van der Waals surface area (Å²) < 4.78 is 5.35. The molecule has 0 aromatic heterocycles. The number of carbonyl (C=O) groups is 2. The number of hydrogen-bond acceptors (Lipinski definition) is 3. The largest absolute Gasteiger partial charge is 0.466 e. The van der Waals surface area contributed by atoms with Gasteiger partial charge >= 0.3 is 5.97 Å². The van der Waals surface area contributed by atoms with E-state index in [2.05, 4.69) is 0 Å². The van der Waals surface area contributed by atoms with Crippen LogP contribution in [0.1, 0.15) is 36.0 Å². The molecule has 1 aliphatic carbocycles. The third-order valence-corrected chi connectivity index (χ3v) is 4.63. The number of aryl methyl sites for hydroxylation is 1. The van der Waals surface area contributed by atoms with E-state index in [4.69, 9.17) is 4.74 Å². The Kier molecular flexibility index (Phi) is 5.13. The highest BCUT2D eigenvalue weighted by Crippen LogP contribution is 2.42. The second-order valence-electron chi connectivity index (χ2n) is 6.38. The molecule has 0 bridgehead atoms. The molecule has 3 rings (SSSR count). The Morgan fingerprint density at radius 1 is 1.08 bits per heavy atom. The number of benzene rings is 2. The lowest BCUT2D eigenvalue weighted by Crippen LogP contribution is -2.31. The summed E-state index contributed by atoms with van der Waals surface area (Å²) in [5.41, 5.74) is 3.79. The molecular weight excluding hydrogens is 312 g/mol. The smallest absolute Gasteiger partial charge is 0.314 e. The van der Waals surface area contributed by atoms with Gasteiger partial charge in [-0.3, -0.25) is 9.59 Å². The fraction of sp³-hybridized carbons (Fsp3) is 0.273. The summed E-state index contributed by atoms with van der Waals surface area (Å²) in [5, 5.41) is 0. The highest BCUT2D eigenvalue weighted by Gasteiger charge is 2.38. The Morgan fingerprint density at radius 3 is 2.40 bits per heavy atom. The molecule has 25 heavy (non-hydrogen) atoms. The van der Waals surface area contributed by atoms with Gasteiger partial charge in [0.05, 0.1) is 12.5 Å². The number of esters is 1. The van der Waals surface area contributed by atoms with Gasteiger partial charge < -0.3 is 4.74 Å². The van der Waals surface area contributed by atoms with Crippen molar-refractivity contribution in [2.45, 2.75) is 26.2 Å². The lowest BCUT2D eigenvalue weighted by Gasteiger charge is -2.31. The lowest BCUT2D eigenvalue weighted by atomic mass is 9.72. The third-order valence-electron chi connectivity index (χ3n) is 4.63. The van der Waals surface area contributed by atoms with Gasteiger partial charge in [0.2, 0.25) is 0 Å². The van der Waals surface area contributed by atoms with E-state index >= 15 is 0 Å². The fourth-order valence-electron chi connectivity index (χ4n) is 3.41. The molecule has 2 aromatic carbocycles. The van der Waals surface area contributed by atoms with Gasteiger partial charge in [-0.05, 0) is 36.6 Å². The van der Waals surface area contributed by atoms with Crippen LogP contribution in [0, 0.1) is 12.8 Å². The molecular formula is C22H22O3. The summed E-state index contributed by atoms with van der Waals surface area (Å²) in [5.74, 6) is -0.893. The van der Waals surface area contributed by atoms with Crippen molar-refractivity contribution in [3.8, 4) is 0 Å². The number of ketones is 1. The molecule has 2 aromatic rings. The Labute approximate surface area is 148 Å². The third kappa shape index (κ3) is 3.71. The Balaban J connectivity index is 2.08. The maximum absolute atomic E-state index is 12.8. The predicted molar refractivity (Wildman–Crippen MR) is 98.1 cm³/mol. The van der Waals surface area contributed by atoms with Gasteiger partial charge in [-0.15, -0.1) is 0 Å². The van der Waals surface area contributed by atoms with Crippen molar-refractivity contribution in [2.75, 3.05) is 6.61 Å². The van der Waals surface area contributed by atoms with Crippen LogP contribution in [0.4, 0.5) is 0 Å². The first-order chi connectivity index (χ1) is 12.1. The van der Waals surface area contributed by atoms with Crippen LogP contribution in [0.25, 0.3) is 5.57 Å². The molecule has 3 heteroatoms. The van der Waals surface area contributed by atoms with Crippen LogP contribution in [0.5, 0.6) is 0 Å². The maximum atomic E-state index is 12.8. The monoisotopic (exact) mass is 334 g/mol. The molecule has 0 fully saturated rings. The Hall–Kier alpha value is -2.68. The molecule has 0 spiro atoms. The molecule has 0 radical (unpaired) electrons. The first-order valence-corrected chi connectivity index (χ1v) is 8.63. The van der Waals surface area contributed by atoms with E-state index in [0.29, 0.717) is 13.0 Å². The molecule has 128 valence electrons. The molecule has 0 amide bonds. The van der Waals surface area contributed by atoms with Gasteiger partial charge in [-0.2, -0.15) is 0 Å². The van der Waals surface area contributed by atoms with Crippen molar-refractivity contribution in [3.05, 3.63) is 77.4 Å². The first kappa shape index (κ1) is 17.2. The molecule has 0 aliphatic heterocycles. The minimum atomic E-state index is -0.470. The molecule has 0 saturated carbocycles. The normalized spacial score (nSPS) is 20.1. The van der Waals surface area contributed by atoms with E-state index in [0.717, 1.165) is 22.3 Å². The van der Waals surface area contributed by atoms with Crippen LogP contribution >= 0.6 is 0 Å². The van der Waals surface area contributed by atoms with Crippen LogP contribution < -0.4 is 0 Å². The van der Waals surface area contributed by atoms with Crippen LogP contribution in [0.15, 0.2) is 60.7 Å². The number of allylic oxidation sites excluding steroid dienone is 1. The van der Waals surface area contributed by atoms with Gasteiger partial charge in [0.25, 0.3) is 0 Å². The Morgan fingerprint density at radius 2 is 1.76 bits per heavy atom. The average Bonchev–Trinajstić information content (AvgIpc) is 2.62. The van der Waals surface area contributed by atoms with Crippen molar-refractivity contribution >= 4 is 17.3 Å². The van der Waals surface area contributed by atoms with E-state index in [1.54, 1.807) is 13.0 Å². The van der Waals surface area contributed by atoms with Crippen LogP contribution in [0.2, 0.25) is 0 Å². The van der Waals surface area contributed by atoms with Crippen molar-refractivity contribution in [1.29, 1.82) is 0 Å². The van der Waals surface area contributed by atoms with Crippen molar-refractivity contribution in [1.82, 2.24) is 0 Å². The van der Waals surface area contributed by atoms with E-state index in [9.17, 15) is 9.59 Å². The molecule has 2 atom stereocenters. The zero-order valence-corrected chi connectivity index (χ0v) is 14.6. The van der Waals surface area contributed by atoms with E-state index in [1.807, 2.05) is 61.5 Å². The number of hydrogen-bond donors (Lipinski definition) is 0.